The van der Waals surface area contributed by atoms with Gasteiger partial charge in [-0.25, -0.2) is 4.99 Å². The second-order valence-electron chi connectivity index (χ2n) is 15.7. The molecule has 7 aliphatic rings. The van der Waals surface area contributed by atoms with Gasteiger partial charge < -0.3 is 4.90 Å². The number of hydrogen-bond donors (Lipinski definition) is 0. The van der Waals surface area contributed by atoms with E-state index in [2.05, 4.69) is 128 Å². The second-order valence-corrected chi connectivity index (χ2v) is 15.7. The summed E-state index contributed by atoms with van der Waals surface area (Å²) in [5, 5.41) is 0. The largest absolute Gasteiger partial charge is 0.302 e. The molecular weight excluding hydrogens is 534 g/mol. The third-order valence-corrected chi connectivity index (χ3v) is 13.2. The number of rotatable bonds is 2. The van der Waals surface area contributed by atoms with Gasteiger partial charge in [0.25, 0.3) is 0 Å². The van der Waals surface area contributed by atoms with E-state index in [1.807, 2.05) is 0 Å². The zero-order valence-corrected chi connectivity index (χ0v) is 26.3. The molecule has 4 aromatic carbocycles. The molecule has 2 aliphatic heterocycles. The molecular formula is C41H41N3. The molecule has 4 aromatic rings. The van der Waals surface area contributed by atoms with E-state index < -0.39 is 0 Å². The van der Waals surface area contributed by atoms with Gasteiger partial charge in [-0.3, -0.25) is 4.90 Å². The number of fused-ring (bicyclic) bond motifs is 6. The summed E-state index contributed by atoms with van der Waals surface area (Å²) in [6.07, 6.45) is 7.08. The smallest absolute Gasteiger partial charge is 0.211 e. The van der Waals surface area contributed by atoms with Gasteiger partial charge in [0.1, 0.15) is 0 Å². The first-order valence-corrected chi connectivity index (χ1v) is 16.9. The maximum atomic E-state index is 5.54. The molecule has 44 heavy (non-hydrogen) atoms. The summed E-state index contributed by atoms with van der Waals surface area (Å²) in [5.41, 5.74) is 12.2. The third kappa shape index (κ3) is 2.93. The Kier molecular flexibility index (Phi) is 4.77. The van der Waals surface area contributed by atoms with Gasteiger partial charge in [-0.2, -0.15) is 0 Å². The van der Waals surface area contributed by atoms with E-state index in [1.54, 1.807) is 11.1 Å². The molecule has 4 fully saturated rings. The van der Waals surface area contributed by atoms with Crippen LogP contribution in [0.1, 0.15) is 70.9 Å². The van der Waals surface area contributed by atoms with Crippen LogP contribution >= 0.6 is 0 Å². The maximum Gasteiger partial charge on any atom is 0.211 e. The Labute approximate surface area is 261 Å². The molecule has 220 valence electrons. The van der Waals surface area contributed by atoms with Gasteiger partial charge in [0.15, 0.2) is 0 Å². The van der Waals surface area contributed by atoms with Crippen LogP contribution in [0.15, 0.2) is 96.0 Å². The van der Waals surface area contributed by atoms with E-state index in [0.29, 0.717) is 0 Å². The Hall–Kier alpha value is -3.85. The van der Waals surface area contributed by atoms with Crippen molar-refractivity contribution < 1.29 is 0 Å². The molecule has 1 spiro atoms. The molecule has 0 aromatic heterocycles. The van der Waals surface area contributed by atoms with Crippen molar-refractivity contribution in [1.82, 2.24) is 0 Å². The van der Waals surface area contributed by atoms with Gasteiger partial charge in [0, 0.05) is 11.0 Å². The molecule has 3 nitrogen and oxygen atoms in total. The molecule has 2 heterocycles. The summed E-state index contributed by atoms with van der Waals surface area (Å²) in [6, 6.07) is 34.6. The van der Waals surface area contributed by atoms with Crippen molar-refractivity contribution in [1.29, 1.82) is 0 Å². The topological polar surface area (TPSA) is 18.8 Å². The summed E-state index contributed by atoms with van der Waals surface area (Å²) >= 11 is 0. The highest BCUT2D eigenvalue weighted by Gasteiger charge is 2.63. The normalized spacial score (nSPS) is 30.8. The molecule has 4 bridgehead atoms. The lowest BCUT2D eigenvalue weighted by Crippen LogP contribution is -2.55. The lowest BCUT2D eigenvalue weighted by molar-refractivity contribution is -0.0399. The summed E-state index contributed by atoms with van der Waals surface area (Å²) in [5.74, 6) is 4.43. The molecule has 4 saturated carbocycles. The fourth-order valence-corrected chi connectivity index (χ4v) is 10.9. The second kappa shape index (κ2) is 8.24. The third-order valence-electron chi connectivity index (χ3n) is 13.2. The van der Waals surface area contributed by atoms with Gasteiger partial charge in [-0.15, -0.1) is 0 Å². The SMILES string of the molecule is CC1(C)N=C2N(c3ccccc3-c3ccccc3)c3cc4c(cc3N2C1(C)C)-c1ccccc1C41C2CC3CC(C2)CC1C3. The summed E-state index contributed by atoms with van der Waals surface area (Å²) < 4.78 is 0. The zero-order chi connectivity index (χ0) is 29.6. The summed E-state index contributed by atoms with van der Waals surface area (Å²) in [7, 11) is 0. The van der Waals surface area contributed by atoms with E-state index in [1.165, 1.54) is 71.4 Å². The minimum atomic E-state index is -0.237. The first kappa shape index (κ1) is 25.5. The Balaban J connectivity index is 1.26. The summed E-state index contributed by atoms with van der Waals surface area (Å²) in [6.45, 7) is 9.34. The van der Waals surface area contributed by atoms with Crippen LogP contribution in [0.4, 0.5) is 17.1 Å². The van der Waals surface area contributed by atoms with Gasteiger partial charge in [-0.1, -0.05) is 72.8 Å². The van der Waals surface area contributed by atoms with Gasteiger partial charge in [0.2, 0.25) is 5.96 Å². The number of hydrogen-bond acceptors (Lipinski definition) is 3. The average Bonchev–Trinajstić information content (AvgIpc) is 3.55. The van der Waals surface area contributed by atoms with Crippen LogP contribution in [0.5, 0.6) is 0 Å². The van der Waals surface area contributed by atoms with Crippen LogP contribution in [0.2, 0.25) is 0 Å². The molecule has 0 N–H and O–H groups in total. The molecule has 0 radical (unpaired) electrons. The fourth-order valence-electron chi connectivity index (χ4n) is 10.9. The van der Waals surface area contributed by atoms with E-state index in [9.17, 15) is 0 Å². The van der Waals surface area contributed by atoms with Crippen molar-refractivity contribution in [3.05, 3.63) is 102 Å². The highest BCUT2D eigenvalue weighted by Crippen LogP contribution is 2.70. The molecule has 3 heteroatoms. The molecule has 0 saturated heterocycles. The number of aliphatic imine (C=N–C) groups is 1. The molecule has 0 amide bonds. The first-order valence-electron chi connectivity index (χ1n) is 16.9. The van der Waals surface area contributed by atoms with Crippen LogP contribution in [0, 0.1) is 23.7 Å². The van der Waals surface area contributed by atoms with Crippen molar-refractivity contribution >= 4 is 23.0 Å². The van der Waals surface area contributed by atoms with Crippen molar-refractivity contribution in [3.63, 3.8) is 0 Å². The van der Waals surface area contributed by atoms with E-state index >= 15 is 0 Å². The van der Waals surface area contributed by atoms with Crippen LogP contribution < -0.4 is 9.80 Å². The van der Waals surface area contributed by atoms with E-state index in [-0.39, 0.29) is 16.5 Å². The summed E-state index contributed by atoms with van der Waals surface area (Å²) in [4.78, 5) is 10.6. The Morgan fingerprint density at radius 1 is 0.591 bits per heavy atom. The number of para-hydroxylation sites is 1. The highest BCUT2D eigenvalue weighted by molar-refractivity contribution is 6.24. The predicted octanol–water partition coefficient (Wildman–Crippen LogP) is 9.96. The molecule has 0 atom stereocenters. The standard InChI is InChI=1S/C41H41N3/c1-39(2)40(3,4)44-37-23-32-31-15-8-10-16-33(31)41(28-19-25-18-26(21-28)22-29(41)20-25)34(32)24-36(37)43(38(44)42-39)35-17-11-9-14-30(35)27-12-6-5-7-13-27/h5-17,23-26,28-29H,18-22H2,1-4H3. The lowest BCUT2D eigenvalue weighted by atomic mass is 9.43. The van der Waals surface area contributed by atoms with Gasteiger partial charge in [-0.05, 0) is 129 Å². The van der Waals surface area contributed by atoms with Crippen molar-refractivity contribution in [3.8, 4) is 22.3 Å². The predicted molar refractivity (Wildman–Crippen MR) is 182 cm³/mol. The van der Waals surface area contributed by atoms with Crippen LogP contribution in [-0.4, -0.2) is 17.0 Å². The zero-order valence-electron chi connectivity index (χ0n) is 26.3. The van der Waals surface area contributed by atoms with Crippen LogP contribution in [-0.2, 0) is 5.41 Å². The van der Waals surface area contributed by atoms with Crippen LogP contribution in [0.25, 0.3) is 22.3 Å². The Morgan fingerprint density at radius 2 is 1.23 bits per heavy atom. The Bertz CT molecular complexity index is 1870. The first-order chi connectivity index (χ1) is 21.3. The molecule has 0 unspecified atom stereocenters. The monoisotopic (exact) mass is 575 g/mol. The van der Waals surface area contributed by atoms with Crippen LogP contribution in [0.3, 0.4) is 0 Å². The number of benzene rings is 4. The lowest BCUT2D eigenvalue weighted by Gasteiger charge is -2.61. The molecule has 5 aliphatic carbocycles. The van der Waals surface area contributed by atoms with Crippen molar-refractivity contribution in [2.75, 3.05) is 9.80 Å². The molecule has 11 rings (SSSR count). The minimum Gasteiger partial charge on any atom is -0.302 e. The van der Waals surface area contributed by atoms with Gasteiger partial charge in [0.05, 0.1) is 28.1 Å². The van der Waals surface area contributed by atoms with Gasteiger partial charge >= 0.3 is 0 Å². The maximum absolute atomic E-state index is 5.54. The quantitative estimate of drug-likeness (QED) is 0.237. The van der Waals surface area contributed by atoms with Crippen molar-refractivity contribution in [2.45, 2.75) is 76.3 Å². The van der Waals surface area contributed by atoms with E-state index in [0.717, 1.165) is 29.6 Å². The Morgan fingerprint density at radius 3 is 1.95 bits per heavy atom. The van der Waals surface area contributed by atoms with E-state index in [4.69, 9.17) is 4.99 Å². The fraction of sp³-hybridized carbons (Fsp3) is 0.390. The number of nitrogens with zero attached hydrogens (tertiary/aromatic N) is 3. The number of guanidine groups is 1. The average molecular weight is 576 g/mol. The minimum absolute atomic E-state index is 0.141. The number of anilines is 3. The highest BCUT2D eigenvalue weighted by atomic mass is 15.5. The van der Waals surface area contributed by atoms with Crippen molar-refractivity contribution in [2.24, 2.45) is 28.7 Å².